The number of amides is 1. The summed E-state index contributed by atoms with van der Waals surface area (Å²) < 4.78 is 5.76. The van der Waals surface area contributed by atoms with Gasteiger partial charge in [-0.1, -0.05) is 25.1 Å². The fourth-order valence-corrected chi connectivity index (χ4v) is 3.60. The summed E-state index contributed by atoms with van der Waals surface area (Å²) in [4.78, 5) is 14.9. The number of nitrogens with zero attached hydrogens (tertiary/aromatic N) is 1. The van der Waals surface area contributed by atoms with Gasteiger partial charge in [-0.3, -0.25) is 4.79 Å². The third-order valence-corrected chi connectivity index (χ3v) is 4.87. The van der Waals surface area contributed by atoms with Crippen molar-refractivity contribution in [1.82, 2.24) is 4.90 Å². The second-order valence-electron chi connectivity index (χ2n) is 6.27. The van der Waals surface area contributed by atoms with Crippen LogP contribution in [-0.4, -0.2) is 36.5 Å². The Labute approximate surface area is 138 Å². The van der Waals surface area contributed by atoms with Gasteiger partial charge in [0.05, 0.1) is 5.92 Å². The van der Waals surface area contributed by atoms with Gasteiger partial charge in [-0.25, -0.2) is 0 Å². The van der Waals surface area contributed by atoms with Gasteiger partial charge in [-0.2, -0.15) is 0 Å². The minimum atomic E-state index is -0.0701. The number of piperidine rings is 1. The first-order chi connectivity index (χ1) is 10.2. The highest BCUT2D eigenvalue weighted by molar-refractivity contribution is 5.85. The predicted molar refractivity (Wildman–Crippen MR) is 89.3 cm³/mol. The van der Waals surface area contributed by atoms with Crippen molar-refractivity contribution in [1.29, 1.82) is 0 Å². The van der Waals surface area contributed by atoms with Gasteiger partial charge < -0.3 is 15.4 Å². The monoisotopic (exact) mass is 324 g/mol. The van der Waals surface area contributed by atoms with Crippen LogP contribution in [0.2, 0.25) is 0 Å². The lowest BCUT2D eigenvalue weighted by molar-refractivity contribution is -0.141. The number of fused-ring (bicyclic) bond motifs is 1. The molecule has 1 fully saturated rings. The number of carbonyl (C=O) groups excluding carboxylic acids is 1. The Kier molecular flexibility index (Phi) is 5.70. The minimum absolute atomic E-state index is 0. The molecule has 1 aromatic carbocycles. The van der Waals surface area contributed by atoms with E-state index in [9.17, 15) is 4.79 Å². The Hall–Kier alpha value is -1.26. The number of halogens is 1. The van der Waals surface area contributed by atoms with E-state index >= 15 is 0 Å². The van der Waals surface area contributed by atoms with Crippen LogP contribution in [0.4, 0.5) is 0 Å². The Morgan fingerprint density at radius 1 is 1.41 bits per heavy atom. The van der Waals surface area contributed by atoms with E-state index in [1.165, 1.54) is 0 Å². The third kappa shape index (κ3) is 3.23. The number of ether oxygens (including phenoxy) is 1. The summed E-state index contributed by atoms with van der Waals surface area (Å²) in [5, 5.41) is 0. The number of benzene rings is 1. The average Bonchev–Trinajstić information content (AvgIpc) is 2.53. The van der Waals surface area contributed by atoms with Crippen molar-refractivity contribution in [3.8, 4) is 5.75 Å². The molecule has 2 aliphatic rings. The molecule has 3 atom stereocenters. The lowest BCUT2D eigenvalue weighted by atomic mass is 9.88. The topological polar surface area (TPSA) is 55.6 Å². The van der Waals surface area contributed by atoms with Gasteiger partial charge in [-0.05, 0) is 36.8 Å². The number of hydrogen-bond donors (Lipinski definition) is 1. The molecule has 0 radical (unpaired) electrons. The number of carbonyl (C=O) groups is 1. The van der Waals surface area contributed by atoms with Gasteiger partial charge in [0.25, 0.3) is 0 Å². The maximum atomic E-state index is 12.9. The van der Waals surface area contributed by atoms with E-state index < -0.39 is 0 Å². The summed E-state index contributed by atoms with van der Waals surface area (Å²) in [7, 11) is 0. The second-order valence-corrected chi connectivity index (χ2v) is 6.27. The van der Waals surface area contributed by atoms with E-state index in [4.69, 9.17) is 10.5 Å². The first-order valence-corrected chi connectivity index (χ1v) is 7.92. The average molecular weight is 325 g/mol. The fraction of sp³-hybridized carbons (Fsp3) is 0.588. The molecule has 0 spiro atoms. The molecule has 0 saturated carbocycles. The van der Waals surface area contributed by atoms with Crippen LogP contribution in [0.25, 0.3) is 0 Å². The molecule has 3 rings (SSSR count). The van der Waals surface area contributed by atoms with E-state index in [0.717, 1.165) is 37.1 Å². The van der Waals surface area contributed by atoms with Crippen LogP contribution in [0, 0.1) is 11.8 Å². The van der Waals surface area contributed by atoms with E-state index in [0.29, 0.717) is 19.1 Å². The molecule has 2 aliphatic heterocycles. The molecule has 0 aromatic heterocycles. The quantitative estimate of drug-likeness (QED) is 0.907. The van der Waals surface area contributed by atoms with Crippen molar-refractivity contribution in [3.63, 3.8) is 0 Å². The smallest absolute Gasteiger partial charge is 0.229 e. The zero-order chi connectivity index (χ0) is 14.8. The molecule has 1 amide bonds. The maximum absolute atomic E-state index is 12.9. The van der Waals surface area contributed by atoms with Crippen LogP contribution in [0.1, 0.15) is 25.3 Å². The highest BCUT2D eigenvalue weighted by Gasteiger charge is 2.36. The van der Waals surface area contributed by atoms with Crippen LogP contribution in [0.15, 0.2) is 24.3 Å². The highest BCUT2D eigenvalue weighted by Crippen LogP contribution is 2.30. The molecular weight excluding hydrogens is 300 g/mol. The summed E-state index contributed by atoms with van der Waals surface area (Å²) in [6.07, 6.45) is 3.01. The lowest BCUT2D eigenvalue weighted by Crippen LogP contribution is -2.54. The van der Waals surface area contributed by atoms with Crippen LogP contribution in [-0.2, 0) is 11.2 Å². The van der Waals surface area contributed by atoms with Crippen molar-refractivity contribution in [2.24, 2.45) is 17.6 Å². The molecule has 122 valence electrons. The molecule has 0 bridgehead atoms. The normalized spacial score (nSPS) is 27.4. The number of rotatable bonds is 2. The summed E-state index contributed by atoms with van der Waals surface area (Å²) in [6, 6.07) is 8.18. The molecule has 4 nitrogen and oxygen atoms in total. The highest BCUT2D eigenvalue weighted by atomic mass is 35.5. The number of likely N-dealkylation sites (tertiary alicyclic amines) is 1. The SMILES string of the molecule is CC1CCCN(C(=O)C2COc3ccccc3C2)C1CN.Cl. The van der Waals surface area contributed by atoms with Crippen LogP contribution in [0.3, 0.4) is 0 Å². The van der Waals surface area contributed by atoms with Crippen molar-refractivity contribution in [2.45, 2.75) is 32.2 Å². The zero-order valence-electron chi connectivity index (χ0n) is 13.0. The van der Waals surface area contributed by atoms with Crippen LogP contribution in [0.5, 0.6) is 5.75 Å². The molecule has 22 heavy (non-hydrogen) atoms. The van der Waals surface area contributed by atoms with Crippen molar-refractivity contribution >= 4 is 18.3 Å². The Bertz CT molecular complexity index is 523. The molecule has 1 aromatic rings. The van der Waals surface area contributed by atoms with Crippen LogP contribution < -0.4 is 10.5 Å². The van der Waals surface area contributed by atoms with Gasteiger partial charge >= 0.3 is 0 Å². The van der Waals surface area contributed by atoms with Gasteiger partial charge in [0, 0.05) is 19.1 Å². The predicted octanol–water partition coefficient (Wildman–Crippen LogP) is 2.25. The van der Waals surface area contributed by atoms with Gasteiger partial charge in [0.15, 0.2) is 0 Å². The van der Waals surface area contributed by atoms with Crippen molar-refractivity contribution in [3.05, 3.63) is 29.8 Å². The molecule has 2 N–H and O–H groups in total. The Morgan fingerprint density at radius 2 is 2.18 bits per heavy atom. The molecule has 5 heteroatoms. The standard InChI is InChI=1S/C17H24N2O2.ClH/c1-12-5-4-8-19(15(12)10-18)17(20)14-9-13-6-2-3-7-16(13)21-11-14;/h2-3,6-7,12,14-15H,4-5,8-11,18H2,1H3;1H. The summed E-state index contributed by atoms with van der Waals surface area (Å²) >= 11 is 0. The van der Waals surface area contributed by atoms with Crippen molar-refractivity contribution < 1.29 is 9.53 Å². The molecule has 2 heterocycles. The molecule has 0 aliphatic carbocycles. The van der Waals surface area contributed by atoms with E-state index in [2.05, 4.69) is 6.92 Å². The van der Waals surface area contributed by atoms with Gasteiger partial charge in [-0.15, -0.1) is 12.4 Å². The van der Waals surface area contributed by atoms with E-state index in [-0.39, 0.29) is 30.3 Å². The summed E-state index contributed by atoms with van der Waals surface area (Å²) in [6.45, 7) is 4.07. The third-order valence-electron chi connectivity index (χ3n) is 4.87. The fourth-order valence-electron chi connectivity index (χ4n) is 3.60. The second kappa shape index (κ2) is 7.34. The van der Waals surface area contributed by atoms with Gasteiger partial charge in [0.1, 0.15) is 12.4 Å². The lowest BCUT2D eigenvalue weighted by Gasteiger charge is -2.41. The molecule has 3 unspecified atom stereocenters. The zero-order valence-corrected chi connectivity index (χ0v) is 13.8. The van der Waals surface area contributed by atoms with Gasteiger partial charge in [0.2, 0.25) is 5.91 Å². The van der Waals surface area contributed by atoms with E-state index in [1.807, 2.05) is 29.2 Å². The maximum Gasteiger partial charge on any atom is 0.229 e. The number of nitrogens with two attached hydrogens (primary N) is 1. The first kappa shape index (κ1) is 17.1. The first-order valence-electron chi connectivity index (χ1n) is 7.92. The summed E-state index contributed by atoms with van der Waals surface area (Å²) in [5.41, 5.74) is 7.04. The Morgan fingerprint density at radius 3 is 2.95 bits per heavy atom. The van der Waals surface area contributed by atoms with Crippen molar-refractivity contribution in [2.75, 3.05) is 19.7 Å². The van der Waals surface area contributed by atoms with E-state index in [1.54, 1.807) is 0 Å². The number of hydrogen-bond acceptors (Lipinski definition) is 3. The minimum Gasteiger partial charge on any atom is -0.492 e. The number of para-hydroxylation sites is 1. The summed E-state index contributed by atoms with van der Waals surface area (Å²) in [5.74, 6) is 1.55. The molecular formula is C17H25ClN2O2. The van der Waals surface area contributed by atoms with Crippen LogP contribution >= 0.6 is 12.4 Å². The molecule has 1 saturated heterocycles. The largest absolute Gasteiger partial charge is 0.492 e. The Balaban J connectivity index is 0.00000176.